The topological polar surface area (TPSA) is 93.1 Å². The van der Waals surface area contributed by atoms with E-state index >= 15 is 0 Å². The molecule has 2 N–H and O–H groups in total. The third-order valence-corrected chi connectivity index (χ3v) is 3.59. The number of methoxy groups -OCH3 is 1. The summed E-state index contributed by atoms with van der Waals surface area (Å²) in [5.74, 6) is -0.308. The molecule has 1 rings (SSSR count). The van der Waals surface area contributed by atoms with Crippen molar-refractivity contribution in [3.63, 3.8) is 0 Å². The Morgan fingerprint density at radius 3 is 2.33 bits per heavy atom. The highest BCUT2D eigenvalue weighted by molar-refractivity contribution is 7.46. The average molecular weight is 316 g/mol. The molecule has 0 unspecified atom stereocenters. The maximum atomic E-state index is 11.6. The Balaban J connectivity index is 3.39. The van der Waals surface area contributed by atoms with Gasteiger partial charge in [-0.2, -0.15) is 0 Å². The van der Waals surface area contributed by atoms with Crippen LogP contribution in [0.2, 0.25) is 0 Å². The molecule has 1 aromatic carbocycles. The third-order valence-electron chi connectivity index (χ3n) is 3.15. The molecule has 0 spiro atoms. The number of carbonyl (C=O) groups is 1. The van der Waals surface area contributed by atoms with Gasteiger partial charge in [-0.25, -0.2) is 4.57 Å². The highest BCUT2D eigenvalue weighted by Crippen LogP contribution is 2.45. The van der Waals surface area contributed by atoms with E-state index in [0.29, 0.717) is 5.56 Å². The van der Waals surface area contributed by atoms with E-state index in [1.54, 1.807) is 26.8 Å². The maximum absolute atomic E-state index is 11.6. The Bertz CT molecular complexity index is 587. The number of hydrogen-bond acceptors (Lipinski definition) is 4. The Kier molecular flexibility index (Phi) is 5.20. The number of benzene rings is 1. The minimum atomic E-state index is -4.68. The van der Waals surface area contributed by atoms with Gasteiger partial charge in [0, 0.05) is 11.0 Å². The van der Waals surface area contributed by atoms with Gasteiger partial charge in [-0.15, -0.1) is 0 Å². The van der Waals surface area contributed by atoms with Crippen molar-refractivity contribution in [2.45, 2.75) is 39.5 Å². The molecule has 0 aliphatic rings. The van der Waals surface area contributed by atoms with Crippen molar-refractivity contribution in [2.75, 3.05) is 7.11 Å². The lowest BCUT2D eigenvalue weighted by Crippen LogP contribution is -2.24. The van der Waals surface area contributed by atoms with Gasteiger partial charge in [0.25, 0.3) is 0 Å². The van der Waals surface area contributed by atoms with Crippen molar-refractivity contribution in [1.82, 2.24) is 0 Å². The summed E-state index contributed by atoms with van der Waals surface area (Å²) in [6.07, 6.45) is 0.0743. The summed E-state index contributed by atoms with van der Waals surface area (Å²) in [4.78, 5) is 29.7. The van der Waals surface area contributed by atoms with Gasteiger partial charge in [0.2, 0.25) is 0 Å². The van der Waals surface area contributed by atoms with Crippen LogP contribution < -0.4 is 4.52 Å². The fraction of sp³-hybridized carbons (Fsp3) is 0.500. The summed E-state index contributed by atoms with van der Waals surface area (Å²) in [5, 5.41) is 0. The number of ether oxygens (including phenoxy) is 1. The molecular formula is C14H21O6P. The van der Waals surface area contributed by atoms with Crippen LogP contribution in [0.15, 0.2) is 12.1 Å². The predicted octanol–water partition coefficient (Wildman–Crippen LogP) is 2.62. The first kappa shape index (κ1) is 17.7. The van der Waals surface area contributed by atoms with E-state index in [4.69, 9.17) is 14.3 Å². The lowest BCUT2D eigenvalue weighted by Gasteiger charge is -2.28. The van der Waals surface area contributed by atoms with Crippen LogP contribution in [-0.4, -0.2) is 22.9 Å². The fourth-order valence-electron chi connectivity index (χ4n) is 2.52. The average Bonchev–Trinajstić information content (AvgIpc) is 2.23. The molecule has 0 saturated carbocycles. The molecule has 0 saturated heterocycles. The predicted molar refractivity (Wildman–Crippen MR) is 78.2 cm³/mol. The van der Waals surface area contributed by atoms with Gasteiger partial charge in [0.05, 0.1) is 13.5 Å². The summed E-state index contributed by atoms with van der Waals surface area (Å²) >= 11 is 0. The summed E-state index contributed by atoms with van der Waals surface area (Å²) in [5.41, 5.74) is 1.51. The van der Waals surface area contributed by atoms with Crippen LogP contribution in [0.25, 0.3) is 0 Å². The van der Waals surface area contributed by atoms with E-state index in [0.717, 1.165) is 11.1 Å². The zero-order chi connectivity index (χ0) is 16.4. The van der Waals surface area contributed by atoms with Gasteiger partial charge in [0.15, 0.2) is 0 Å². The number of hydrogen-bond donors (Lipinski definition) is 2. The molecule has 0 aliphatic heterocycles. The van der Waals surface area contributed by atoms with Crippen LogP contribution in [0.5, 0.6) is 5.75 Å². The summed E-state index contributed by atoms with van der Waals surface area (Å²) in [6.45, 7) is 7.22. The van der Waals surface area contributed by atoms with E-state index in [-0.39, 0.29) is 12.2 Å². The molecule has 118 valence electrons. The van der Waals surface area contributed by atoms with Crippen LogP contribution in [0, 0.1) is 13.8 Å². The molecule has 0 radical (unpaired) electrons. The second-order valence-electron chi connectivity index (χ2n) is 5.67. The van der Waals surface area contributed by atoms with Crippen molar-refractivity contribution < 1.29 is 28.4 Å². The Morgan fingerprint density at radius 1 is 1.29 bits per heavy atom. The zero-order valence-electron chi connectivity index (χ0n) is 12.8. The largest absolute Gasteiger partial charge is 0.524 e. The Labute approximate surface area is 124 Å². The Morgan fingerprint density at radius 2 is 1.86 bits per heavy atom. The van der Waals surface area contributed by atoms with Crippen LogP contribution in [0.4, 0.5) is 0 Å². The molecular weight excluding hydrogens is 295 g/mol. The fourth-order valence-corrected chi connectivity index (χ4v) is 2.92. The van der Waals surface area contributed by atoms with Crippen molar-refractivity contribution in [1.29, 1.82) is 0 Å². The van der Waals surface area contributed by atoms with Gasteiger partial charge in [-0.3, -0.25) is 14.6 Å². The van der Waals surface area contributed by atoms with Crippen molar-refractivity contribution in [2.24, 2.45) is 0 Å². The number of esters is 1. The van der Waals surface area contributed by atoms with Crippen LogP contribution in [0.3, 0.4) is 0 Å². The highest BCUT2D eigenvalue weighted by atomic mass is 31.2. The van der Waals surface area contributed by atoms with E-state index in [1.807, 2.05) is 13.0 Å². The van der Waals surface area contributed by atoms with Crippen molar-refractivity contribution >= 4 is 13.8 Å². The molecule has 7 heteroatoms. The first-order valence-electron chi connectivity index (χ1n) is 6.40. The number of phosphoric acid groups is 1. The second-order valence-corrected chi connectivity index (χ2v) is 6.84. The molecule has 0 bridgehead atoms. The number of rotatable bonds is 5. The van der Waals surface area contributed by atoms with Gasteiger partial charge in [-0.05, 0) is 31.0 Å². The smallest absolute Gasteiger partial charge is 0.469 e. The molecule has 0 fully saturated rings. The molecule has 0 atom stereocenters. The number of aryl methyl sites for hydroxylation is 2. The number of phosphoric ester groups is 1. The summed E-state index contributed by atoms with van der Waals surface area (Å²) in [7, 11) is -3.38. The highest BCUT2D eigenvalue weighted by Gasteiger charge is 2.32. The van der Waals surface area contributed by atoms with E-state index in [1.165, 1.54) is 7.11 Å². The third kappa shape index (κ3) is 4.84. The van der Waals surface area contributed by atoms with Crippen LogP contribution in [0.1, 0.15) is 37.0 Å². The van der Waals surface area contributed by atoms with Crippen LogP contribution in [-0.2, 0) is 19.5 Å². The maximum Gasteiger partial charge on any atom is 0.524 e. The second kappa shape index (κ2) is 6.18. The molecule has 0 aromatic heterocycles. The first-order chi connectivity index (χ1) is 9.46. The standard InChI is InChI=1S/C14H21O6P/c1-9-6-10(2)13(11(7-9)20-21(16,17)18)14(3,4)8-12(15)19-5/h6-7H,8H2,1-5H3,(H2,16,17,18). The normalized spacial score (nSPS) is 12.1. The van der Waals surface area contributed by atoms with Crippen LogP contribution >= 0.6 is 7.82 Å². The first-order valence-corrected chi connectivity index (χ1v) is 7.93. The van der Waals surface area contributed by atoms with E-state index in [9.17, 15) is 9.36 Å². The van der Waals surface area contributed by atoms with E-state index < -0.39 is 19.2 Å². The van der Waals surface area contributed by atoms with Crippen molar-refractivity contribution in [3.8, 4) is 5.75 Å². The molecule has 0 aliphatic carbocycles. The summed E-state index contributed by atoms with van der Waals surface area (Å²) in [6, 6.07) is 3.43. The minimum Gasteiger partial charge on any atom is -0.469 e. The molecule has 21 heavy (non-hydrogen) atoms. The lowest BCUT2D eigenvalue weighted by atomic mass is 9.78. The summed E-state index contributed by atoms with van der Waals surface area (Å²) < 4.78 is 20.7. The van der Waals surface area contributed by atoms with Gasteiger partial charge >= 0.3 is 13.8 Å². The van der Waals surface area contributed by atoms with Gasteiger partial charge in [-0.1, -0.05) is 19.9 Å². The van der Waals surface area contributed by atoms with Gasteiger partial charge in [0.1, 0.15) is 5.75 Å². The molecule has 6 nitrogen and oxygen atoms in total. The quantitative estimate of drug-likeness (QED) is 0.641. The lowest BCUT2D eigenvalue weighted by molar-refractivity contribution is -0.141. The number of carbonyl (C=O) groups excluding carboxylic acids is 1. The zero-order valence-corrected chi connectivity index (χ0v) is 13.7. The van der Waals surface area contributed by atoms with Gasteiger partial charge < -0.3 is 9.26 Å². The molecule has 0 amide bonds. The Hall–Kier alpha value is -1.36. The van der Waals surface area contributed by atoms with Crippen molar-refractivity contribution in [3.05, 3.63) is 28.8 Å². The molecule has 0 heterocycles. The molecule has 1 aromatic rings. The monoisotopic (exact) mass is 316 g/mol. The SMILES string of the molecule is COC(=O)CC(C)(C)c1c(C)cc(C)cc1OP(=O)(O)O. The van der Waals surface area contributed by atoms with E-state index in [2.05, 4.69) is 4.74 Å². The minimum absolute atomic E-state index is 0.0743.